The zero-order valence-corrected chi connectivity index (χ0v) is 12.1. The second-order valence-electron chi connectivity index (χ2n) is 4.89. The average molecular weight is 267 g/mol. The van der Waals surface area contributed by atoms with Crippen molar-refractivity contribution in [1.82, 2.24) is 9.27 Å². The second-order valence-corrected chi connectivity index (χ2v) is 5.66. The molecule has 1 aromatic heterocycles. The van der Waals surface area contributed by atoms with Crippen molar-refractivity contribution in [2.45, 2.75) is 33.1 Å². The quantitative estimate of drug-likeness (QED) is 0.916. The first kappa shape index (κ1) is 13.3. The van der Waals surface area contributed by atoms with Crippen LogP contribution in [-0.4, -0.2) is 35.3 Å². The van der Waals surface area contributed by atoms with Gasteiger partial charge in [0.2, 0.25) is 0 Å². The van der Waals surface area contributed by atoms with Crippen molar-refractivity contribution in [2.75, 3.05) is 25.5 Å². The Labute approximate surface area is 113 Å². The lowest BCUT2D eigenvalue weighted by molar-refractivity contribution is 0.0671. The Balaban J connectivity index is 2.17. The summed E-state index contributed by atoms with van der Waals surface area (Å²) >= 11 is 1.37. The number of amides is 1. The summed E-state index contributed by atoms with van der Waals surface area (Å²) in [5, 5.41) is 3.96. The molecule has 0 saturated carbocycles. The maximum absolute atomic E-state index is 12.6. The van der Waals surface area contributed by atoms with E-state index in [-0.39, 0.29) is 5.91 Å². The Hall–Kier alpha value is -1.10. The van der Waals surface area contributed by atoms with Gasteiger partial charge < -0.3 is 10.2 Å². The zero-order valence-electron chi connectivity index (χ0n) is 11.3. The topological polar surface area (TPSA) is 45.2 Å². The smallest absolute Gasteiger partial charge is 0.258 e. The van der Waals surface area contributed by atoms with Gasteiger partial charge in [0.15, 0.2) is 0 Å². The number of nitrogens with zero attached hydrogens (tertiary/aromatic N) is 2. The summed E-state index contributed by atoms with van der Waals surface area (Å²) in [5.41, 5.74) is 1.60. The first-order valence-corrected chi connectivity index (χ1v) is 7.38. The minimum Gasteiger partial charge on any atom is -0.378 e. The summed E-state index contributed by atoms with van der Waals surface area (Å²) in [4.78, 5) is 14.6. The highest BCUT2D eigenvalue weighted by molar-refractivity contribution is 7.10. The van der Waals surface area contributed by atoms with Crippen molar-refractivity contribution in [3.8, 4) is 0 Å². The summed E-state index contributed by atoms with van der Waals surface area (Å²) in [5.74, 6) is 0.802. The number of aromatic nitrogens is 1. The molecule has 1 aliphatic rings. The van der Waals surface area contributed by atoms with Crippen molar-refractivity contribution < 1.29 is 4.79 Å². The molecule has 0 spiro atoms. The highest BCUT2D eigenvalue weighted by Gasteiger charge is 2.27. The molecular formula is C13H21N3OS. The van der Waals surface area contributed by atoms with E-state index in [1.165, 1.54) is 18.0 Å². The number of aryl methyl sites for hydroxylation is 1. The molecule has 18 heavy (non-hydrogen) atoms. The van der Waals surface area contributed by atoms with Crippen LogP contribution in [0.1, 0.15) is 42.2 Å². The van der Waals surface area contributed by atoms with Gasteiger partial charge in [-0.25, -0.2) is 0 Å². The van der Waals surface area contributed by atoms with Crippen LogP contribution in [0.25, 0.3) is 0 Å². The highest BCUT2D eigenvalue weighted by atomic mass is 32.1. The monoisotopic (exact) mass is 267 g/mol. The molecule has 0 aliphatic carbocycles. The van der Waals surface area contributed by atoms with Crippen LogP contribution in [0, 0.1) is 12.8 Å². The van der Waals surface area contributed by atoms with Crippen molar-refractivity contribution in [1.29, 1.82) is 0 Å². The molecule has 0 unspecified atom stereocenters. The molecule has 0 aromatic carbocycles. The number of anilines is 1. The minimum atomic E-state index is 0.142. The Morgan fingerprint density at radius 2 is 2.39 bits per heavy atom. The molecule has 2 heterocycles. The number of hydrogen-bond acceptors (Lipinski definition) is 4. The molecule has 1 fully saturated rings. The molecule has 100 valence electrons. The minimum absolute atomic E-state index is 0.142. The number of hydrogen-bond donors (Lipinski definition) is 1. The van der Waals surface area contributed by atoms with E-state index < -0.39 is 0 Å². The molecule has 1 N–H and O–H groups in total. The van der Waals surface area contributed by atoms with Crippen LogP contribution < -0.4 is 5.32 Å². The van der Waals surface area contributed by atoms with Crippen LogP contribution in [0.15, 0.2) is 0 Å². The third kappa shape index (κ3) is 2.51. The van der Waals surface area contributed by atoms with Gasteiger partial charge in [-0.3, -0.25) is 4.79 Å². The number of likely N-dealkylation sites (tertiary alicyclic amines) is 1. The number of nitrogens with one attached hydrogen (secondary N) is 1. The van der Waals surface area contributed by atoms with Crippen LogP contribution in [0.4, 0.5) is 5.00 Å². The number of rotatable bonds is 3. The zero-order chi connectivity index (χ0) is 13.1. The largest absolute Gasteiger partial charge is 0.378 e. The lowest BCUT2D eigenvalue weighted by atomic mass is 9.95. The Bertz CT molecular complexity index is 430. The van der Waals surface area contributed by atoms with Crippen LogP contribution in [0.3, 0.4) is 0 Å². The van der Waals surface area contributed by atoms with E-state index in [1.807, 2.05) is 18.9 Å². The van der Waals surface area contributed by atoms with Crippen LogP contribution in [0.5, 0.6) is 0 Å². The van der Waals surface area contributed by atoms with Crippen molar-refractivity contribution >= 4 is 22.4 Å². The molecule has 4 nitrogen and oxygen atoms in total. The Morgan fingerprint density at radius 1 is 1.61 bits per heavy atom. The lowest BCUT2D eigenvalue weighted by Crippen LogP contribution is -2.40. The average Bonchev–Trinajstić information content (AvgIpc) is 2.79. The van der Waals surface area contributed by atoms with Crippen LogP contribution in [-0.2, 0) is 0 Å². The van der Waals surface area contributed by atoms with E-state index >= 15 is 0 Å². The number of piperidine rings is 1. The Morgan fingerprint density at radius 3 is 3.06 bits per heavy atom. The van der Waals surface area contributed by atoms with E-state index in [0.717, 1.165) is 42.2 Å². The normalized spacial score (nSPS) is 19.9. The van der Waals surface area contributed by atoms with E-state index in [2.05, 4.69) is 16.6 Å². The van der Waals surface area contributed by atoms with Gasteiger partial charge in [-0.2, -0.15) is 4.37 Å². The summed E-state index contributed by atoms with van der Waals surface area (Å²) in [7, 11) is 1.84. The molecule has 5 heteroatoms. The molecular weight excluding hydrogens is 246 g/mol. The molecule has 1 atom stereocenters. The molecule has 2 rings (SSSR count). The van der Waals surface area contributed by atoms with Gasteiger partial charge in [-0.05, 0) is 37.2 Å². The summed E-state index contributed by atoms with van der Waals surface area (Å²) in [6.45, 7) is 5.89. The van der Waals surface area contributed by atoms with E-state index in [9.17, 15) is 4.79 Å². The first-order valence-electron chi connectivity index (χ1n) is 6.60. The van der Waals surface area contributed by atoms with Gasteiger partial charge in [-0.15, -0.1) is 0 Å². The van der Waals surface area contributed by atoms with Crippen molar-refractivity contribution in [2.24, 2.45) is 5.92 Å². The van der Waals surface area contributed by atoms with E-state index in [0.29, 0.717) is 5.92 Å². The molecule has 1 aliphatic heterocycles. The van der Waals surface area contributed by atoms with Gasteiger partial charge in [0, 0.05) is 20.1 Å². The van der Waals surface area contributed by atoms with Crippen molar-refractivity contribution in [3.05, 3.63) is 11.3 Å². The van der Waals surface area contributed by atoms with E-state index in [4.69, 9.17) is 0 Å². The van der Waals surface area contributed by atoms with Gasteiger partial charge in [-0.1, -0.05) is 13.3 Å². The number of carbonyl (C=O) groups excluding carboxylic acids is 1. The third-order valence-corrected chi connectivity index (χ3v) is 4.64. The summed E-state index contributed by atoms with van der Waals surface area (Å²) < 4.78 is 4.27. The molecule has 0 bridgehead atoms. The molecule has 0 radical (unpaired) electrons. The molecule has 1 amide bonds. The fourth-order valence-corrected chi connectivity index (χ4v) is 3.27. The summed E-state index contributed by atoms with van der Waals surface area (Å²) in [6.07, 6.45) is 3.53. The van der Waals surface area contributed by atoms with Crippen molar-refractivity contribution in [3.63, 3.8) is 0 Å². The van der Waals surface area contributed by atoms with Gasteiger partial charge in [0.1, 0.15) is 5.00 Å². The van der Waals surface area contributed by atoms with Gasteiger partial charge in [0.25, 0.3) is 5.91 Å². The maximum atomic E-state index is 12.6. The van der Waals surface area contributed by atoms with Crippen LogP contribution >= 0.6 is 11.5 Å². The Kier molecular flexibility index (Phi) is 4.22. The second kappa shape index (κ2) is 5.69. The van der Waals surface area contributed by atoms with Gasteiger partial charge in [0.05, 0.1) is 11.3 Å². The standard InChI is InChI=1S/C13H21N3OS/c1-4-10-6-5-7-16(8-10)13(17)11-9(2)15-18-12(11)14-3/h10,14H,4-8H2,1-3H3/t10-/m0/s1. The SMILES string of the molecule is CC[C@H]1CCCN(C(=O)c2c(C)nsc2NC)C1. The van der Waals surface area contributed by atoms with Gasteiger partial charge >= 0.3 is 0 Å². The molecule has 1 saturated heterocycles. The predicted molar refractivity (Wildman–Crippen MR) is 75.3 cm³/mol. The number of carbonyl (C=O) groups is 1. The first-order chi connectivity index (χ1) is 8.67. The van der Waals surface area contributed by atoms with Crippen LogP contribution in [0.2, 0.25) is 0 Å². The predicted octanol–water partition coefficient (Wildman–Crippen LogP) is 2.76. The lowest BCUT2D eigenvalue weighted by Gasteiger charge is -2.32. The fourth-order valence-electron chi connectivity index (χ4n) is 2.53. The fraction of sp³-hybridized carbons (Fsp3) is 0.692. The van der Waals surface area contributed by atoms with E-state index in [1.54, 1.807) is 0 Å². The third-order valence-electron chi connectivity index (χ3n) is 3.69. The molecule has 1 aromatic rings. The maximum Gasteiger partial charge on any atom is 0.258 e. The summed E-state index contributed by atoms with van der Waals surface area (Å²) in [6, 6.07) is 0. The highest BCUT2D eigenvalue weighted by Crippen LogP contribution is 2.28.